The second-order valence-electron chi connectivity index (χ2n) is 4.18. The van der Waals surface area contributed by atoms with E-state index < -0.39 is 0 Å². The number of amides is 1. The minimum atomic E-state index is -0.138. The number of carbonyl (C=O) groups excluding carboxylic acids is 1. The van der Waals surface area contributed by atoms with E-state index in [9.17, 15) is 4.79 Å². The van der Waals surface area contributed by atoms with Crippen molar-refractivity contribution in [2.24, 2.45) is 0 Å². The molecule has 0 radical (unpaired) electrons. The van der Waals surface area contributed by atoms with Crippen LogP contribution in [0, 0.1) is 10.5 Å². The first-order chi connectivity index (χ1) is 9.38. The lowest BCUT2D eigenvalue weighted by molar-refractivity contribution is 0.102. The summed E-state index contributed by atoms with van der Waals surface area (Å²) in [6, 6.07) is 9.56. The largest absolute Gasteiger partial charge is 0.320 e. The molecular formula is C14H9Br3INO. The van der Waals surface area contributed by atoms with Crippen molar-refractivity contribution >= 4 is 82.0 Å². The van der Waals surface area contributed by atoms with Gasteiger partial charge in [-0.15, -0.1) is 0 Å². The number of nitrogens with one attached hydrogen (secondary N) is 1. The fraction of sp³-hybridized carbons (Fsp3) is 0.0714. The van der Waals surface area contributed by atoms with E-state index in [4.69, 9.17) is 0 Å². The van der Waals surface area contributed by atoms with E-state index in [2.05, 4.69) is 75.7 Å². The Morgan fingerprint density at radius 3 is 2.30 bits per heavy atom. The lowest BCUT2D eigenvalue weighted by atomic mass is 10.2. The van der Waals surface area contributed by atoms with Crippen LogP contribution < -0.4 is 5.32 Å². The number of rotatable bonds is 2. The topological polar surface area (TPSA) is 29.1 Å². The molecule has 6 heteroatoms. The Kier molecular flexibility index (Phi) is 5.67. The molecule has 20 heavy (non-hydrogen) atoms. The molecule has 0 aliphatic rings. The summed E-state index contributed by atoms with van der Waals surface area (Å²) in [5.41, 5.74) is 2.48. The van der Waals surface area contributed by atoms with Crippen LogP contribution in [-0.2, 0) is 0 Å². The van der Waals surface area contributed by atoms with Gasteiger partial charge in [-0.3, -0.25) is 4.79 Å². The summed E-state index contributed by atoms with van der Waals surface area (Å²) in [6.45, 7) is 2.00. The molecule has 2 rings (SSSR count). The van der Waals surface area contributed by atoms with Crippen molar-refractivity contribution in [3.63, 3.8) is 0 Å². The van der Waals surface area contributed by atoms with Crippen molar-refractivity contribution in [1.29, 1.82) is 0 Å². The average Bonchev–Trinajstić information content (AvgIpc) is 2.36. The fourth-order valence-electron chi connectivity index (χ4n) is 1.67. The summed E-state index contributed by atoms with van der Waals surface area (Å²) in [4.78, 5) is 12.4. The van der Waals surface area contributed by atoms with E-state index in [1.54, 1.807) is 0 Å². The molecule has 2 aromatic carbocycles. The molecule has 104 valence electrons. The standard InChI is InChI=1S/C14H9Br3INO/c1-7-4-10(16)13(11(17)5-7)19-14(20)9-6-8(15)2-3-12(9)18/h2-6H,1H3,(H,19,20). The summed E-state index contributed by atoms with van der Waals surface area (Å²) < 4.78 is 3.48. The predicted molar refractivity (Wildman–Crippen MR) is 101 cm³/mol. The Balaban J connectivity index is 2.35. The van der Waals surface area contributed by atoms with Crippen LogP contribution in [0.5, 0.6) is 0 Å². The maximum Gasteiger partial charge on any atom is 0.256 e. The predicted octanol–water partition coefficient (Wildman–Crippen LogP) is 6.14. The summed E-state index contributed by atoms with van der Waals surface area (Å²) >= 11 is 12.5. The third kappa shape index (κ3) is 3.84. The molecule has 0 aromatic heterocycles. The zero-order chi connectivity index (χ0) is 14.9. The van der Waals surface area contributed by atoms with Crippen molar-refractivity contribution < 1.29 is 4.79 Å². The molecule has 0 fully saturated rings. The molecule has 1 N–H and O–H groups in total. The molecule has 0 spiro atoms. The van der Waals surface area contributed by atoms with Crippen LogP contribution in [0.2, 0.25) is 0 Å². The van der Waals surface area contributed by atoms with Crippen LogP contribution >= 0.6 is 70.4 Å². The number of hydrogen-bond donors (Lipinski definition) is 1. The summed E-state index contributed by atoms with van der Waals surface area (Å²) in [7, 11) is 0. The molecule has 0 heterocycles. The molecule has 0 saturated carbocycles. The Hall–Kier alpha value is 0.0800. The number of halogens is 4. The highest BCUT2D eigenvalue weighted by Crippen LogP contribution is 2.33. The zero-order valence-electron chi connectivity index (χ0n) is 10.3. The van der Waals surface area contributed by atoms with Crippen molar-refractivity contribution in [3.8, 4) is 0 Å². The van der Waals surface area contributed by atoms with Gasteiger partial charge in [0.15, 0.2) is 0 Å². The van der Waals surface area contributed by atoms with Gasteiger partial charge in [-0.05, 0) is 97.3 Å². The first-order valence-corrected chi connectivity index (χ1v) is 9.06. The molecule has 0 aliphatic carbocycles. The summed E-state index contributed by atoms with van der Waals surface area (Å²) in [5, 5.41) is 2.93. The van der Waals surface area contributed by atoms with Crippen LogP contribution in [0.3, 0.4) is 0 Å². The Morgan fingerprint density at radius 2 is 1.70 bits per heavy atom. The molecule has 0 atom stereocenters. The first-order valence-electron chi connectivity index (χ1n) is 5.60. The minimum absolute atomic E-state index is 0.138. The SMILES string of the molecule is Cc1cc(Br)c(NC(=O)c2cc(Br)ccc2I)c(Br)c1. The van der Waals surface area contributed by atoms with Gasteiger partial charge in [0.25, 0.3) is 5.91 Å². The third-order valence-electron chi connectivity index (χ3n) is 2.60. The summed E-state index contributed by atoms with van der Waals surface area (Å²) in [6.07, 6.45) is 0. The molecule has 0 bridgehead atoms. The molecule has 2 aromatic rings. The van der Waals surface area contributed by atoms with Crippen molar-refractivity contribution in [2.45, 2.75) is 6.92 Å². The highest BCUT2D eigenvalue weighted by Gasteiger charge is 2.14. The molecule has 0 unspecified atom stereocenters. The lowest BCUT2D eigenvalue weighted by Crippen LogP contribution is -2.14. The van der Waals surface area contributed by atoms with E-state index in [-0.39, 0.29) is 5.91 Å². The van der Waals surface area contributed by atoms with Gasteiger partial charge in [-0.1, -0.05) is 15.9 Å². The van der Waals surface area contributed by atoms with Crippen molar-refractivity contribution in [1.82, 2.24) is 0 Å². The maximum absolute atomic E-state index is 12.4. The zero-order valence-corrected chi connectivity index (χ0v) is 17.2. The Morgan fingerprint density at radius 1 is 1.10 bits per heavy atom. The fourth-order valence-corrected chi connectivity index (χ4v) is 4.23. The smallest absolute Gasteiger partial charge is 0.256 e. The Bertz CT molecular complexity index is 665. The van der Waals surface area contributed by atoms with Crippen LogP contribution in [0.1, 0.15) is 15.9 Å². The van der Waals surface area contributed by atoms with Crippen LogP contribution in [0.25, 0.3) is 0 Å². The third-order valence-corrected chi connectivity index (χ3v) is 5.28. The maximum atomic E-state index is 12.4. The number of aryl methyl sites for hydroxylation is 1. The van der Waals surface area contributed by atoms with Crippen LogP contribution in [-0.4, -0.2) is 5.91 Å². The molecule has 0 aliphatic heterocycles. The second-order valence-corrected chi connectivity index (χ2v) is 7.97. The molecular weight excluding hydrogens is 565 g/mol. The molecule has 0 saturated heterocycles. The normalized spacial score (nSPS) is 10.4. The monoisotopic (exact) mass is 571 g/mol. The highest BCUT2D eigenvalue weighted by molar-refractivity contribution is 14.1. The molecule has 2 nitrogen and oxygen atoms in total. The van der Waals surface area contributed by atoms with Crippen LogP contribution in [0.15, 0.2) is 43.7 Å². The summed E-state index contributed by atoms with van der Waals surface area (Å²) in [5.74, 6) is -0.138. The number of hydrogen-bond acceptors (Lipinski definition) is 1. The van der Waals surface area contributed by atoms with Crippen molar-refractivity contribution in [2.75, 3.05) is 5.32 Å². The number of benzene rings is 2. The minimum Gasteiger partial charge on any atom is -0.320 e. The van der Waals surface area contributed by atoms with Gasteiger partial charge < -0.3 is 5.32 Å². The lowest BCUT2D eigenvalue weighted by Gasteiger charge is -2.12. The van der Waals surface area contributed by atoms with Gasteiger partial charge in [0, 0.05) is 17.0 Å². The second kappa shape index (κ2) is 6.89. The number of anilines is 1. The Labute approximate surface area is 156 Å². The average molecular weight is 574 g/mol. The van der Waals surface area contributed by atoms with E-state index in [0.29, 0.717) is 5.56 Å². The van der Waals surface area contributed by atoms with E-state index >= 15 is 0 Å². The number of carbonyl (C=O) groups is 1. The molecule has 1 amide bonds. The first kappa shape index (κ1) is 16.5. The van der Waals surface area contributed by atoms with E-state index in [1.165, 1.54) is 0 Å². The van der Waals surface area contributed by atoms with Gasteiger partial charge in [0.05, 0.1) is 11.3 Å². The van der Waals surface area contributed by atoms with Gasteiger partial charge in [-0.2, -0.15) is 0 Å². The van der Waals surface area contributed by atoms with Gasteiger partial charge in [0.1, 0.15) is 0 Å². The quantitative estimate of drug-likeness (QED) is 0.430. The van der Waals surface area contributed by atoms with E-state index in [0.717, 1.165) is 28.2 Å². The van der Waals surface area contributed by atoms with Gasteiger partial charge in [-0.25, -0.2) is 0 Å². The van der Waals surface area contributed by atoms with Gasteiger partial charge >= 0.3 is 0 Å². The van der Waals surface area contributed by atoms with E-state index in [1.807, 2.05) is 37.3 Å². The van der Waals surface area contributed by atoms with Gasteiger partial charge in [0.2, 0.25) is 0 Å². The van der Waals surface area contributed by atoms with Crippen molar-refractivity contribution in [3.05, 3.63) is 58.4 Å². The van der Waals surface area contributed by atoms with Crippen LogP contribution in [0.4, 0.5) is 5.69 Å². The highest BCUT2D eigenvalue weighted by atomic mass is 127.